The molecule has 0 amide bonds. The Balaban J connectivity index is 1.49. The number of benzene rings is 1. The molecule has 2 aromatic rings. The van der Waals surface area contributed by atoms with Gasteiger partial charge in [-0.1, -0.05) is 35.5 Å². The molecule has 0 saturated carbocycles. The average molecular weight is 378 g/mol. The summed E-state index contributed by atoms with van der Waals surface area (Å²) in [5.41, 5.74) is 2.09. The van der Waals surface area contributed by atoms with Crippen molar-refractivity contribution >= 4 is 10.0 Å². The third-order valence-corrected chi connectivity index (χ3v) is 6.67. The summed E-state index contributed by atoms with van der Waals surface area (Å²) in [6, 6.07) is 12.0. The van der Waals surface area contributed by atoms with Gasteiger partial charge in [-0.25, -0.2) is 12.7 Å². The van der Waals surface area contributed by atoms with Crippen molar-refractivity contribution in [2.75, 3.05) is 31.9 Å². The number of aromatic nitrogens is 1. The molecule has 0 N–H and O–H groups in total. The number of hydrogen-bond donors (Lipinski definition) is 0. The monoisotopic (exact) mass is 377 g/mol. The summed E-state index contributed by atoms with van der Waals surface area (Å²) in [5.74, 6) is 1.02. The lowest BCUT2D eigenvalue weighted by molar-refractivity contribution is 0.268. The van der Waals surface area contributed by atoms with Crippen molar-refractivity contribution in [3.05, 3.63) is 53.4 Å². The molecule has 1 aromatic carbocycles. The molecule has 142 valence electrons. The first kappa shape index (κ1) is 19.1. The molecule has 0 atom stereocenters. The van der Waals surface area contributed by atoms with Gasteiger partial charge in [0.25, 0.3) is 0 Å². The highest BCUT2D eigenvalue weighted by atomic mass is 32.2. The molecule has 2 heterocycles. The second kappa shape index (κ2) is 8.79. The molecule has 0 aliphatic carbocycles. The molecule has 7 heteroatoms. The van der Waals surface area contributed by atoms with E-state index in [0.717, 1.165) is 37.4 Å². The number of nitrogens with zero attached hydrogens (tertiary/aromatic N) is 3. The van der Waals surface area contributed by atoms with E-state index >= 15 is 0 Å². The van der Waals surface area contributed by atoms with Gasteiger partial charge in [0.05, 0.1) is 11.4 Å². The van der Waals surface area contributed by atoms with Gasteiger partial charge < -0.3 is 4.52 Å². The fourth-order valence-electron chi connectivity index (χ4n) is 3.34. The number of aryl methyl sites for hydroxylation is 2. The van der Waals surface area contributed by atoms with Crippen molar-refractivity contribution in [1.82, 2.24) is 14.4 Å². The quantitative estimate of drug-likeness (QED) is 0.741. The van der Waals surface area contributed by atoms with E-state index in [-0.39, 0.29) is 5.75 Å². The zero-order chi connectivity index (χ0) is 18.4. The molecule has 0 radical (unpaired) electrons. The first-order chi connectivity index (χ1) is 12.5. The van der Waals surface area contributed by atoms with Crippen LogP contribution in [0, 0.1) is 6.92 Å². The Labute approximate surface area is 155 Å². The van der Waals surface area contributed by atoms with Crippen LogP contribution in [0.15, 0.2) is 40.9 Å². The van der Waals surface area contributed by atoms with Gasteiger partial charge in [-0.3, -0.25) is 4.90 Å². The summed E-state index contributed by atoms with van der Waals surface area (Å²) in [5, 5.41) is 4.03. The van der Waals surface area contributed by atoms with E-state index in [1.165, 1.54) is 5.56 Å². The minimum absolute atomic E-state index is 0.213. The second-order valence-electron chi connectivity index (χ2n) is 6.86. The Kier molecular flexibility index (Phi) is 6.45. The largest absolute Gasteiger partial charge is 0.361 e. The Morgan fingerprint density at radius 3 is 2.65 bits per heavy atom. The molecule has 1 fully saturated rings. The van der Waals surface area contributed by atoms with E-state index in [1.54, 1.807) is 4.31 Å². The summed E-state index contributed by atoms with van der Waals surface area (Å²) in [4.78, 5) is 2.25. The third-order valence-electron chi connectivity index (χ3n) is 4.71. The van der Waals surface area contributed by atoms with Crippen LogP contribution in [0.1, 0.15) is 29.9 Å². The van der Waals surface area contributed by atoms with E-state index in [1.807, 2.05) is 43.3 Å². The fourth-order valence-corrected chi connectivity index (χ4v) is 4.87. The Hall–Kier alpha value is -1.70. The highest BCUT2D eigenvalue weighted by Crippen LogP contribution is 2.13. The number of rotatable bonds is 7. The number of hydrogen-bond acceptors (Lipinski definition) is 5. The Bertz CT molecular complexity index is 789. The SMILES string of the molecule is Cc1cc(CN2CCCN(S(=O)(=O)CCCc3ccccc3)CC2)no1. The predicted molar refractivity (Wildman–Crippen MR) is 101 cm³/mol. The van der Waals surface area contributed by atoms with E-state index in [0.29, 0.717) is 26.1 Å². The van der Waals surface area contributed by atoms with Crippen LogP contribution >= 0.6 is 0 Å². The Morgan fingerprint density at radius 2 is 1.92 bits per heavy atom. The van der Waals surface area contributed by atoms with E-state index in [9.17, 15) is 8.42 Å². The molecule has 6 nitrogen and oxygen atoms in total. The van der Waals surface area contributed by atoms with Crippen LogP contribution in [0.5, 0.6) is 0 Å². The van der Waals surface area contributed by atoms with Gasteiger partial charge in [0.15, 0.2) is 0 Å². The van der Waals surface area contributed by atoms with E-state index in [4.69, 9.17) is 4.52 Å². The molecule has 1 saturated heterocycles. The molecule has 0 unspecified atom stereocenters. The molecule has 1 aliphatic heterocycles. The summed E-state index contributed by atoms with van der Waals surface area (Å²) in [6.07, 6.45) is 2.30. The fraction of sp³-hybridized carbons (Fsp3) is 0.526. The zero-order valence-corrected chi connectivity index (χ0v) is 16.1. The normalized spacial score (nSPS) is 17.3. The molecule has 1 aliphatic rings. The maximum absolute atomic E-state index is 12.7. The lowest BCUT2D eigenvalue weighted by Crippen LogP contribution is -2.36. The molecule has 0 spiro atoms. The molecule has 26 heavy (non-hydrogen) atoms. The predicted octanol–water partition coefficient (Wildman–Crippen LogP) is 2.45. The van der Waals surface area contributed by atoms with Crippen LogP contribution in [-0.2, 0) is 23.0 Å². The minimum atomic E-state index is -3.20. The van der Waals surface area contributed by atoms with Crippen LogP contribution in [0.25, 0.3) is 0 Å². The molecule has 3 rings (SSSR count). The molecular weight excluding hydrogens is 350 g/mol. The van der Waals surface area contributed by atoms with Gasteiger partial charge in [-0.05, 0) is 38.3 Å². The lowest BCUT2D eigenvalue weighted by Gasteiger charge is -2.21. The summed E-state index contributed by atoms with van der Waals surface area (Å²) in [7, 11) is -3.20. The second-order valence-corrected chi connectivity index (χ2v) is 8.95. The summed E-state index contributed by atoms with van der Waals surface area (Å²) in [6.45, 7) is 5.33. The van der Waals surface area contributed by atoms with E-state index < -0.39 is 10.0 Å². The average Bonchev–Trinajstić information content (AvgIpc) is 2.88. The van der Waals surface area contributed by atoms with Crippen LogP contribution in [0.4, 0.5) is 0 Å². The highest BCUT2D eigenvalue weighted by molar-refractivity contribution is 7.89. The minimum Gasteiger partial charge on any atom is -0.361 e. The van der Waals surface area contributed by atoms with Crippen molar-refractivity contribution in [2.24, 2.45) is 0 Å². The first-order valence-electron chi connectivity index (χ1n) is 9.19. The van der Waals surface area contributed by atoms with Crippen molar-refractivity contribution in [3.8, 4) is 0 Å². The van der Waals surface area contributed by atoms with Crippen molar-refractivity contribution in [2.45, 2.75) is 32.7 Å². The lowest BCUT2D eigenvalue weighted by atomic mass is 10.1. The standard InChI is InChI=1S/C19H27N3O3S/c1-17-15-19(20-25-17)16-21-10-6-11-22(13-12-21)26(23,24)14-5-9-18-7-3-2-4-8-18/h2-4,7-8,15H,5-6,9-14,16H2,1H3. The van der Waals surface area contributed by atoms with Gasteiger partial charge in [0, 0.05) is 32.2 Å². The maximum atomic E-state index is 12.7. The zero-order valence-electron chi connectivity index (χ0n) is 15.3. The van der Waals surface area contributed by atoms with Crippen LogP contribution in [0.3, 0.4) is 0 Å². The van der Waals surface area contributed by atoms with Crippen LogP contribution in [-0.4, -0.2) is 54.7 Å². The first-order valence-corrected chi connectivity index (χ1v) is 10.8. The van der Waals surface area contributed by atoms with Gasteiger partial charge >= 0.3 is 0 Å². The van der Waals surface area contributed by atoms with Gasteiger partial charge in [-0.2, -0.15) is 0 Å². The summed E-state index contributed by atoms with van der Waals surface area (Å²) < 4.78 is 32.1. The topological polar surface area (TPSA) is 66.7 Å². The number of sulfonamides is 1. The van der Waals surface area contributed by atoms with Crippen LogP contribution in [0.2, 0.25) is 0 Å². The molecule has 1 aromatic heterocycles. The third kappa shape index (κ3) is 5.40. The van der Waals surface area contributed by atoms with Gasteiger partial charge in [0.1, 0.15) is 5.76 Å². The van der Waals surface area contributed by atoms with Crippen molar-refractivity contribution < 1.29 is 12.9 Å². The smallest absolute Gasteiger partial charge is 0.214 e. The van der Waals surface area contributed by atoms with Crippen molar-refractivity contribution in [3.63, 3.8) is 0 Å². The van der Waals surface area contributed by atoms with E-state index in [2.05, 4.69) is 10.1 Å². The van der Waals surface area contributed by atoms with Gasteiger partial charge in [0.2, 0.25) is 10.0 Å². The Morgan fingerprint density at radius 1 is 1.12 bits per heavy atom. The summed E-state index contributed by atoms with van der Waals surface area (Å²) >= 11 is 0. The maximum Gasteiger partial charge on any atom is 0.214 e. The van der Waals surface area contributed by atoms with Gasteiger partial charge in [-0.15, -0.1) is 0 Å². The molecule has 0 bridgehead atoms. The highest BCUT2D eigenvalue weighted by Gasteiger charge is 2.25. The molecular formula is C19H27N3O3S. The van der Waals surface area contributed by atoms with Crippen molar-refractivity contribution in [1.29, 1.82) is 0 Å². The van der Waals surface area contributed by atoms with Crippen LogP contribution < -0.4 is 0 Å².